The minimum Gasteiger partial charge on any atom is -0.481 e. The number of benzene rings is 1. The summed E-state index contributed by atoms with van der Waals surface area (Å²) >= 11 is 1.43. The van der Waals surface area contributed by atoms with Crippen LogP contribution in [0.4, 0.5) is 0 Å². The van der Waals surface area contributed by atoms with E-state index in [4.69, 9.17) is 9.84 Å². The minimum atomic E-state index is -0.949. The van der Waals surface area contributed by atoms with Gasteiger partial charge in [-0.2, -0.15) is 0 Å². The summed E-state index contributed by atoms with van der Waals surface area (Å²) < 4.78 is 5.77. The molecule has 2 atom stereocenters. The van der Waals surface area contributed by atoms with Crippen LogP contribution in [0.2, 0.25) is 0 Å². The van der Waals surface area contributed by atoms with Gasteiger partial charge in [0, 0.05) is 11.3 Å². The Labute approximate surface area is 144 Å². The van der Waals surface area contributed by atoms with E-state index in [-0.39, 0.29) is 12.3 Å². The number of carbonyl (C=O) groups is 2. The van der Waals surface area contributed by atoms with Crippen molar-refractivity contribution in [2.24, 2.45) is 0 Å². The van der Waals surface area contributed by atoms with E-state index in [1.165, 1.54) is 16.9 Å². The number of fused-ring (bicyclic) bond motifs is 1. The van der Waals surface area contributed by atoms with Crippen molar-refractivity contribution < 1.29 is 19.4 Å². The van der Waals surface area contributed by atoms with Crippen molar-refractivity contribution in [1.29, 1.82) is 0 Å². The van der Waals surface area contributed by atoms with Gasteiger partial charge in [0.15, 0.2) is 6.10 Å². The third-order valence-corrected chi connectivity index (χ3v) is 5.21. The minimum absolute atomic E-state index is 0.149. The Balaban J connectivity index is 1.71. The number of amides is 1. The first-order valence-electron chi connectivity index (χ1n) is 7.76. The molecular formula is C18H19NO4S. The maximum Gasteiger partial charge on any atom is 0.305 e. The molecule has 0 bridgehead atoms. The van der Waals surface area contributed by atoms with Crippen LogP contribution in [0.5, 0.6) is 5.75 Å². The summed E-state index contributed by atoms with van der Waals surface area (Å²) in [5.41, 5.74) is 3.31. The molecular weight excluding hydrogens is 326 g/mol. The van der Waals surface area contributed by atoms with Crippen LogP contribution >= 0.6 is 11.3 Å². The van der Waals surface area contributed by atoms with Crippen molar-refractivity contribution in [2.75, 3.05) is 0 Å². The first kappa shape index (κ1) is 16.5. The number of carbonyl (C=O) groups excluding carboxylic acids is 1. The van der Waals surface area contributed by atoms with E-state index >= 15 is 0 Å². The highest BCUT2D eigenvalue weighted by Crippen LogP contribution is 2.32. The Morgan fingerprint density at radius 3 is 2.79 bits per heavy atom. The highest BCUT2D eigenvalue weighted by molar-refractivity contribution is 7.10. The first-order chi connectivity index (χ1) is 11.4. The van der Waals surface area contributed by atoms with E-state index in [1.54, 1.807) is 0 Å². The molecule has 2 unspecified atom stereocenters. The third kappa shape index (κ3) is 3.43. The van der Waals surface area contributed by atoms with Crippen molar-refractivity contribution in [3.63, 3.8) is 0 Å². The summed E-state index contributed by atoms with van der Waals surface area (Å²) in [6.07, 6.45) is -0.256. The first-order valence-corrected chi connectivity index (χ1v) is 8.64. The van der Waals surface area contributed by atoms with Gasteiger partial charge >= 0.3 is 5.97 Å². The Morgan fingerprint density at radius 1 is 1.38 bits per heavy atom. The standard InChI is InChI=1S/C18H19NO4S/c1-10-6-12-8-15(23-14(12)7-11(10)2)18(22)19-13(9-17(20)21)16-4-3-5-24-16/h3-7,13,15H,8-9H2,1-2H3,(H,19,22)(H,20,21). The van der Waals surface area contributed by atoms with Crippen molar-refractivity contribution in [2.45, 2.75) is 38.8 Å². The lowest BCUT2D eigenvalue weighted by Crippen LogP contribution is -2.40. The average Bonchev–Trinajstić information content (AvgIpc) is 3.16. The molecule has 1 amide bonds. The average molecular weight is 345 g/mol. The van der Waals surface area contributed by atoms with E-state index in [0.717, 1.165) is 21.8 Å². The van der Waals surface area contributed by atoms with E-state index in [0.29, 0.717) is 6.42 Å². The Bertz CT molecular complexity index is 739. The van der Waals surface area contributed by atoms with Gasteiger partial charge in [-0.25, -0.2) is 0 Å². The molecule has 2 heterocycles. The van der Waals surface area contributed by atoms with Gasteiger partial charge in [0.2, 0.25) is 0 Å². The van der Waals surface area contributed by atoms with Gasteiger partial charge in [-0.3, -0.25) is 9.59 Å². The van der Waals surface area contributed by atoms with Gasteiger partial charge in [0.25, 0.3) is 5.91 Å². The van der Waals surface area contributed by atoms with Gasteiger partial charge in [-0.1, -0.05) is 12.1 Å². The molecule has 0 spiro atoms. The van der Waals surface area contributed by atoms with E-state index < -0.39 is 18.1 Å². The van der Waals surface area contributed by atoms with Gasteiger partial charge in [0.1, 0.15) is 5.75 Å². The third-order valence-electron chi connectivity index (χ3n) is 4.23. The highest BCUT2D eigenvalue weighted by atomic mass is 32.1. The zero-order chi connectivity index (χ0) is 17.3. The number of carboxylic acid groups (broad SMARTS) is 1. The lowest BCUT2D eigenvalue weighted by Gasteiger charge is -2.18. The fourth-order valence-corrected chi connectivity index (χ4v) is 3.59. The van der Waals surface area contributed by atoms with Crippen LogP contribution in [0, 0.1) is 13.8 Å². The number of hydrogen-bond donors (Lipinski definition) is 2. The highest BCUT2D eigenvalue weighted by Gasteiger charge is 2.31. The van der Waals surface area contributed by atoms with Crippen molar-refractivity contribution >= 4 is 23.2 Å². The zero-order valence-corrected chi connectivity index (χ0v) is 14.4. The summed E-state index contributed by atoms with van der Waals surface area (Å²) in [4.78, 5) is 24.5. The van der Waals surface area contributed by atoms with Crippen LogP contribution < -0.4 is 10.1 Å². The van der Waals surface area contributed by atoms with Crippen LogP contribution in [0.25, 0.3) is 0 Å². The molecule has 1 aromatic heterocycles. The molecule has 1 aromatic carbocycles. The Morgan fingerprint density at radius 2 is 2.12 bits per heavy atom. The largest absolute Gasteiger partial charge is 0.481 e. The molecule has 1 aliphatic rings. The molecule has 6 heteroatoms. The lowest BCUT2D eigenvalue weighted by molar-refractivity contribution is -0.138. The summed E-state index contributed by atoms with van der Waals surface area (Å²) in [5.74, 6) is -0.485. The van der Waals surface area contributed by atoms with E-state index in [9.17, 15) is 9.59 Å². The number of aliphatic carboxylic acids is 1. The lowest BCUT2D eigenvalue weighted by atomic mass is 10.0. The number of carboxylic acids is 1. The zero-order valence-electron chi connectivity index (χ0n) is 13.5. The molecule has 0 radical (unpaired) electrons. The summed E-state index contributed by atoms with van der Waals surface area (Å²) in [6.45, 7) is 4.04. The molecule has 3 rings (SSSR count). The van der Waals surface area contributed by atoms with Gasteiger partial charge in [-0.15, -0.1) is 11.3 Å². The second-order valence-electron chi connectivity index (χ2n) is 6.03. The van der Waals surface area contributed by atoms with Crippen molar-refractivity contribution in [1.82, 2.24) is 5.32 Å². The molecule has 24 heavy (non-hydrogen) atoms. The molecule has 2 aromatic rings. The molecule has 1 aliphatic heterocycles. The molecule has 5 nitrogen and oxygen atoms in total. The predicted molar refractivity (Wildman–Crippen MR) is 91.5 cm³/mol. The number of rotatable bonds is 5. The quantitative estimate of drug-likeness (QED) is 0.873. The number of ether oxygens (including phenoxy) is 1. The maximum absolute atomic E-state index is 12.5. The molecule has 0 saturated carbocycles. The van der Waals surface area contributed by atoms with Crippen molar-refractivity contribution in [3.05, 3.63) is 51.2 Å². The van der Waals surface area contributed by atoms with Gasteiger partial charge < -0.3 is 15.2 Å². The maximum atomic E-state index is 12.5. The fourth-order valence-electron chi connectivity index (χ4n) is 2.81. The molecule has 0 saturated heterocycles. The number of nitrogens with one attached hydrogen (secondary N) is 1. The number of hydrogen-bond acceptors (Lipinski definition) is 4. The second-order valence-corrected chi connectivity index (χ2v) is 7.01. The van der Waals surface area contributed by atoms with Crippen LogP contribution in [0.15, 0.2) is 29.6 Å². The normalized spacial score (nSPS) is 17.0. The Hall–Kier alpha value is -2.34. The van der Waals surface area contributed by atoms with Crippen LogP contribution in [-0.2, 0) is 16.0 Å². The summed E-state index contributed by atoms with van der Waals surface area (Å²) in [6, 6.07) is 7.13. The van der Waals surface area contributed by atoms with Gasteiger partial charge in [-0.05, 0) is 48.1 Å². The number of aryl methyl sites for hydroxylation is 2. The van der Waals surface area contributed by atoms with Crippen LogP contribution in [-0.4, -0.2) is 23.1 Å². The van der Waals surface area contributed by atoms with E-state index in [1.807, 2.05) is 43.5 Å². The summed E-state index contributed by atoms with van der Waals surface area (Å²) in [5, 5.41) is 13.8. The van der Waals surface area contributed by atoms with E-state index in [2.05, 4.69) is 5.32 Å². The molecule has 0 aliphatic carbocycles. The SMILES string of the molecule is Cc1cc2c(cc1C)OC(C(=O)NC(CC(=O)O)c1cccs1)C2. The predicted octanol–water partition coefficient (Wildman–Crippen LogP) is 3.00. The fraction of sp³-hybridized carbons (Fsp3) is 0.333. The topological polar surface area (TPSA) is 75.6 Å². The van der Waals surface area contributed by atoms with Crippen molar-refractivity contribution in [3.8, 4) is 5.75 Å². The monoisotopic (exact) mass is 345 g/mol. The smallest absolute Gasteiger partial charge is 0.305 e. The van der Waals surface area contributed by atoms with Crippen LogP contribution in [0.3, 0.4) is 0 Å². The second kappa shape index (κ2) is 6.65. The molecule has 126 valence electrons. The van der Waals surface area contributed by atoms with Gasteiger partial charge in [0.05, 0.1) is 12.5 Å². The number of thiophene rings is 1. The Kier molecular flexibility index (Phi) is 4.57. The molecule has 2 N–H and O–H groups in total. The van der Waals surface area contributed by atoms with Crippen LogP contribution in [0.1, 0.15) is 34.0 Å². The summed E-state index contributed by atoms with van der Waals surface area (Å²) in [7, 11) is 0. The molecule has 0 fully saturated rings.